The van der Waals surface area contributed by atoms with E-state index >= 15 is 0 Å². The molecule has 1 saturated heterocycles. The standard InChI is InChI=1S/C25H30N3O3SSi/c1-25(2,3)21-16-28(23-27-18(17-32-23)15-26-24(29)30-4)22(21)31-33(19-11-7-5-8-12-19)20-13-9-6-10-14-20/h5-14,17,21-22H,15-16H2,1-4H3,(H,26,29). The Balaban J connectivity index is 1.59. The number of ether oxygens (including phenoxy) is 1. The van der Waals surface area contributed by atoms with E-state index in [4.69, 9.17) is 9.41 Å². The Kier molecular flexibility index (Phi) is 7.16. The molecular formula is C25H30N3O3SSi. The molecule has 3 aromatic rings. The number of anilines is 1. The molecule has 8 heteroatoms. The van der Waals surface area contributed by atoms with Crippen molar-refractivity contribution < 1.29 is 14.0 Å². The number of aromatic nitrogens is 1. The summed E-state index contributed by atoms with van der Waals surface area (Å²) < 4.78 is 11.6. The first-order chi connectivity index (χ1) is 15.9. The van der Waals surface area contributed by atoms with Crippen LogP contribution < -0.4 is 20.6 Å². The van der Waals surface area contributed by atoms with Gasteiger partial charge >= 0.3 is 6.09 Å². The van der Waals surface area contributed by atoms with Crippen molar-refractivity contribution in [2.75, 3.05) is 18.6 Å². The van der Waals surface area contributed by atoms with Gasteiger partial charge in [-0.15, -0.1) is 11.3 Å². The molecule has 6 nitrogen and oxygen atoms in total. The topological polar surface area (TPSA) is 63.7 Å². The van der Waals surface area contributed by atoms with Crippen LogP contribution in [0.1, 0.15) is 26.5 Å². The molecule has 0 saturated carbocycles. The first-order valence-electron chi connectivity index (χ1n) is 11.0. The minimum atomic E-state index is -1.45. The molecule has 173 valence electrons. The second kappa shape index (κ2) is 10.1. The van der Waals surface area contributed by atoms with Gasteiger partial charge in [0.15, 0.2) is 5.13 Å². The Morgan fingerprint density at radius 1 is 1.12 bits per heavy atom. The van der Waals surface area contributed by atoms with Crippen LogP contribution in [-0.2, 0) is 15.7 Å². The van der Waals surface area contributed by atoms with E-state index in [1.54, 1.807) is 11.3 Å². The summed E-state index contributed by atoms with van der Waals surface area (Å²) in [5.74, 6) is 0.380. The molecule has 1 N–H and O–H groups in total. The molecule has 2 unspecified atom stereocenters. The van der Waals surface area contributed by atoms with Crippen molar-refractivity contribution in [1.82, 2.24) is 10.3 Å². The zero-order valence-corrected chi connectivity index (χ0v) is 21.3. The summed E-state index contributed by atoms with van der Waals surface area (Å²) in [6.07, 6.45) is -0.521. The summed E-state index contributed by atoms with van der Waals surface area (Å²) in [6.45, 7) is 8.06. The predicted molar refractivity (Wildman–Crippen MR) is 134 cm³/mol. The van der Waals surface area contributed by atoms with Crippen molar-refractivity contribution in [3.63, 3.8) is 0 Å². The molecular weight excluding hydrogens is 450 g/mol. The molecule has 1 radical (unpaired) electrons. The molecule has 1 aromatic heterocycles. The van der Waals surface area contributed by atoms with E-state index in [9.17, 15) is 4.79 Å². The number of nitrogens with zero attached hydrogens (tertiary/aromatic N) is 2. The number of benzene rings is 2. The van der Waals surface area contributed by atoms with Gasteiger partial charge in [0, 0.05) is 17.8 Å². The summed E-state index contributed by atoms with van der Waals surface area (Å²) in [5, 5.41) is 8.06. The van der Waals surface area contributed by atoms with Crippen molar-refractivity contribution in [2.45, 2.75) is 33.5 Å². The molecule has 0 spiro atoms. The van der Waals surface area contributed by atoms with Gasteiger partial charge in [0.25, 0.3) is 9.04 Å². The quantitative estimate of drug-likeness (QED) is 0.523. The fourth-order valence-corrected chi connectivity index (χ4v) is 6.86. The molecule has 0 aliphatic carbocycles. The van der Waals surface area contributed by atoms with Crippen LogP contribution in [0.4, 0.5) is 9.93 Å². The molecule has 33 heavy (non-hydrogen) atoms. The summed E-state index contributed by atoms with van der Waals surface area (Å²) in [7, 11) is -0.0910. The number of nitrogens with one attached hydrogen (secondary N) is 1. The molecule has 4 rings (SSSR count). The third-order valence-corrected chi connectivity index (χ3v) is 8.97. The van der Waals surface area contributed by atoms with Gasteiger partial charge in [0.2, 0.25) is 0 Å². The zero-order valence-electron chi connectivity index (χ0n) is 19.4. The van der Waals surface area contributed by atoms with Gasteiger partial charge in [-0.25, -0.2) is 9.78 Å². The number of rotatable bonds is 7. The maximum Gasteiger partial charge on any atom is 0.407 e. The van der Waals surface area contributed by atoms with Crippen molar-refractivity contribution in [3.05, 3.63) is 71.7 Å². The van der Waals surface area contributed by atoms with Crippen molar-refractivity contribution in [1.29, 1.82) is 0 Å². The average Bonchev–Trinajstić information content (AvgIpc) is 3.25. The Labute approximate surface area is 201 Å². The number of carbonyl (C=O) groups is 1. The second-order valence-corrected chi connectivity index (χ2v) is 12.0. The average molecular weight is 481 g/mol. The fraction of sp³-hybridized carbons (Fsp3) is 0.360. The first-order valence-corrected chi connectivity index (χ1v) is 13.3. The van der Waals surface area contributed by atoms with Crippen LogP contribution in [0.5, 0.6) is 0 Å². The van der Waals surface area contributed by atoms with E-state index in [0.29, 0.717) is 12.5 Å². The van der Waals surface area contributed by atoms with E-state index in [0.717, 1.165) is 17.4 Å². The Morgan fingerprint density at radius 2 is 1.73 bits per heavy atom. The Hall–Kier alpha value is -2.68. The van der Waals surface area contributed by atoms with Crippen LogP contribution in [0.3, 0.4) is 0 Å². The van der Waals surface area contributed by atoms with Gasteiger partial charge in [-0.1, -0.05) is 81.4 Å². The van der Waals surface area contributed by atoms with Crippen molar-refractivity contribution in [2.24, 2.45) is 11.3 Å². The molecule has 2 heterocycles. The number of hydrogen-bond acceptors (Lipinski definition) is 6. The van der Waals surface area contributed by atoms with E-state index in [1.165, 1.54) is 17.5 Å². The number of alkyl carbamates (subject to hydrolysis) is 1. The van der Waals surface area contributed by atoms with E-state index in [-0.39, 0.29) is 11.6 Å². The molecule has 1 fully saturated rings. The summed E-state index contributed by atoms with van der Waals surface area (Å²) >= 11 is 1.58. The molecule has 1 aliphatic heterocycles. The largest absolute Gasteiger partial charge is 0.453 e. The normalized spacial score (nSPS) is 18.2. The Morgan fingerprint density at radius 3 is 2.27 bits per heavy atom. The van der Waals surface area contributed by atoms with E-state index < -0.39 is 15.1 Å². The number of amides is 1. The van der Waals surface area contributed by atoms with Crippen LogP contribution in [0.2, 0.25) is 0 Å². The minimum absolute atomic E-state index is 0.0631. The summed E-state index contributed by atoms with van der Waals surface area (Å²) in [5.41, 5.74) is 0.920. The predicted octanol–water partition coefficient (Wildman–Crippen LogP) is 3.63. The second-order valence-electron chi connectivity index (χ2n) is 9.16. The number of methoxy groups -OCH3 is 1. The van der Waals surface area contributed by atoms with Gasteiger partial charge in [-0.05, 0) is 15.8 Å². The van der Waals surface area contributed by atoms with Crippen LogP contribution >= 0.6 is 11.3 Å². The van der Waals surface area contributed by atoms with Crippen LogP contribution in [0.15, 0.2) is 66.0 Å². The van der Waals surface area contributed by atoms with Gasteiger partial charge in [0.1, 0.15) is 6.23 Å². The smallest absolute Gasteiger partial charge is 0.407 e. The molecule has 1 amide bonds. The lowest BCUT2D eigenvalue weighted by molar-refractivity contribution is 0.00495. The third-order valence-electron chi connectivity index (χ3n) is 5.85. The summed E-state index contributed by atoms with van der Waals surface area (Å²) in [4.78, 5) is 18.4. The number of hydrogen-bond donors (Lipinski definition) is 1. The fourth-order valence-electron chi connectivity index (χ4n) is 3.87. The highest BCUT2D eigenvalue weighted by atomic mass is 32.1. The zero-order chi connectivity index (χ0) is 23.4. The van der Waals surface area contributed by atoms with Crippen LogP contribution in [-0.4, -0.2) is 40.0 Å². The molecule has 2 atom stereocenters. The lowest BCUT2D eigenvalue weighted by Gasteiger charge is -2.53. The first kappa shape index (κ1) is 23.5. The van der Waals surface area contributed by atoms with E-state index in [1.807, 2.05) is 17.5 Å². The lowest BCUT2D eigenvalue weighted by atomic mass is 9.74. The number of carbonyl (C=O) groups excluding carboxylic acids is 1. The van der Waals surface area contributed by atoms with Crippen LogP contribution in [0.25, 0.3) is 0 Å². The Bertz CT molecular complexity index is 1020. The van der Waals surface area contributed by atoms with Gasteiger partial charge in [-0.2, -0.15) is 0 Å². The highest BCUT2D eigenvalue weighted by Crippen LogP contribution is 2.43. The van der Waals surface area contributed by atoms with E-state index in [2.05, 4.69) is 84.3 Å². The van der Waals surface area contributed by atoms with Gasteiger partial charge < -0.3 is 19.4 Å². The highest BCUT2D eigenvalue weighted by molar-refractivity contribution is 7.13. The van der Waals surface area contributed by atoms with Crippen molar-refractivity contribution >= 4 is 42.0 Å². The van der Waals surface area contributed by atoms with Crippen molar-refractivity contribution in [3.8, 4) is 0 Å². The lowest BCUT2D eigenvalue weighted by Crippen LogP contribution is -2.65. The third kappa shape index (κ3) is 5.46. The molecule has 2 aromatic carbocycles. The summed E-state index contributed by atoms with van der Waals surface area (Å²) in [6, 6.07) is 21.0. The number of thiazole rings is 1. The SMILES string of the molecule is COC(=O)NCc1csc(N2CC(C(C)(C)C)C2O[Si](c2ccccc2)c2ccccc2)n1. The molecule has 0 bridgehead atoms. The van der Waals surface area contributed by atoms with Gasteiger partial charge in [0.05, 0.1) is 19.3 Å². The minimum Gasteiger partial charge on any atom is -0.453 e. The highest BCUT2D eigenvalue weighted by Gasteiger charge is 2.48. The van der Waals surface area contributed by atoms with Gasteiger partial charge in [-0.3, -0.25) is 0 Å². The maximum atomic E-state index is 11.4. The monoisotopic (exact) mass is 480 g/mol. The molecule has 1 aliphatic rings. The van der Waals surface area contributed by atoms with Crippen LogP contribution in [0, 0.1) is 11.3 Å². The maximum absolute atomic E-state index is 11.4.